The van der Waals surface area contributed by atoms with E-state index in [1.165, 1.54) is 0 Å². The predicted octanol–water partition coefficient (Wildman–Crippen LogP) is 2.48. The third-order valence-electron chi connectivity index (χ3n) is 3.82. The van der Waals surface area contributed by atoms with Gasteiger partial charge in [-0.2, -0.15) is 13.2 Å². The van der Waals surface area contributed by atoms with Gasteiger partial charge in [0.15, 0.2) is 0 Å². The summed E-state index contributed by atoms with van der Waals surface area (Å²) in [6.45, 7) is 0.589. The van der Waals surface area contributed by atoms with Gasteiger partial charge in [-0.05, 0) is 24.1 Å². The second-order valence-electron chi connectivity index (χ2n) is 5.07. The molecule has 3 nitrogen and oxygen atoms in total. The molecular formula is C13H12ClF3N2O. The van der Waals surface area contributed by atoms with Crippen LogP contribution in [0.15, 0.2) is 18.2 Å². The van der Waals surface area contributed by atoms with Gasteiger partial charge in [0.1, 0.15) is 0 Å². The second-order valence-corrected chi connectivity index (χ2v) is 5.51. The van der Waals surface area contributed by atoms with Crippen molar-refractivity contribution < 1.29 is 18.0 Å². The molecular weight excluding hydrogens is 293 g/mol. The average molecular weight is 305 g/mol. The van der Waals surface area contributed by atoms with E-state index in [0.29, 0.717) is 18.0 Å². The summed E-state index contributed by atoms with van der Waals surface area (Å²) >= 11 is 5.95. The summed E-state index contributed by atoms with van der Waals surface area (Å²) in [6.07, 6.45) is -4.15. The minimum Gasteiger partial charge on any atom is -0.364 e. The maximum Gasteiger partial charge on any atom is 0.471 e. The highest BCUT2D eigenvalue weighted by atomic mass is 35.5. The lowest BCUT2D eigenvalue weighted by Gasteiger charge is -2.39. The normalized spacial score (nSPS) is 21.7. The number of carbonyl (C=O) groups excluding carboxylic acids is 1. The van der Waals surface area contributed by atoms with Crippen molar-refractivity contribution in [3.05, 3.63) is 28.8 Å². The van der Waals surface area contributed by atoms with E-state index in [4.69, 9.17) is 11.6 Å². The largest absolute Gasteiger partial charge is 0.471 e. The summed E-state index contributed by atoms with van der Waals surface area (Å²) in [5.41, 5.74) is 2.04. The molecule has 0 unspecified atom stereocenters. The fraction of sp³-hybridized carbons (Fsp3) is 0.462. The van der Waals surface area contributed by atoms with Crippen LogP contribution in [0.3, 0.4) is 0 Å². The highest BCUT2D eigenvalue weighted by molar-refractivity contribution is 6.30. The Morgan fingerprint density at radius 1 is 1.30 bits per heavy atom. The van der Waals surface area contributed by atoms with Crippen molar-refractivity contribution in [3.8, 4) is 0 Å². The molecule has 1 atom stereocenters. The third kappa shape index (κ3) is 2.22. The number of benzene rings is 1. The van der Waals surface area contributed by atoms with Crippen molar-refractivity contribution >= 4 is 23.2 Å². The van der Waals surface area contributed by atoms with E-state index in [2.05, 4.69) is 0 Å². The van der Waals surface area contributed by atoms with Crippen molar-refractivity contribution in [2.75, 3.05) is 24.5 Å². The summed E-state index contributed by atoms with van der Waals surface area (Å²) in [6, 6.07) is 5.41. The van der Waals surface area contributed by atoms with Crippen LogP contribution in [-0.2, 0) is 11.2 Å². The van der Waals surface area contributed by atoms with Gasteiger partial charge in [-0.3, -0.25) is 4.79 Å². The minimum absolute atomic E-state index is 0.0841. The smallest absolute Gasteiger partial charge is 0.364 e. The van der Waals surface area contributed by atoms with Crippen molar-refractivity contribution in [2.24, 2.45) is 0 Å². The number of anilines is 1. The van der Waals surface area contributed by atoms with E-state index in [-0.39, 0.29) is 19.1 Å². The first kappa shape index (κ1) is 13.5. The standard InChI is InChI=1S/C13H12ClF3N2O/c14-9-2-1-8-5-10-7-18(12(20)13(15,16)17)3-4-19(10)11(8)6-9/h1-2,6,10H,3-5,7H2/t10-/m1/s1. The average Bonchev–Trinajstić information content (AvgIpc) is 2.73. The number of hydrogen-bond acceptors (Lipinski definition) is 2. The van der Waals surface area contributed by atoms with Gasteiger partial charge in [0.05, 0.1) is 6.04 Å². The Hall–Kier alpha value is -1.43. The van der Waals surface area contributed by atoms with Gasteiger partial charge in [-0.15, -0.1) is 0 Å². The Balaban J connectivity index is 1.78. The van der Waals surface area contributed by atoms with Crippen molar-refractivity contribution in [1.82, 2.24) is 4.90 Å². The van der Waals surface area contributed by atoms with Gasteiger partial charge < -0.3 is 9.80 Å². The number of rotatable bonds is 0. The van der Waals surface area contributed by atoms with Crippen molar-refractivity contribution in [1.29, 1.82) is 0 Å². The zero-order chi connectivity index (χ0) is 14.5. The molecule has 0 saturated carbocycles. The minimum atomic E-state index is -4.79. The van der Waals surface area contributed by atoms with E-state index < -0.39 is 12.1 Å². The Labute approximate surface area is 118 Å². The van der Waals surface area contributed by atoms with Crippen LogP contribution in [0.4, 0.5) is 18.9 Å². The van der Waals surface area contributed by atoms with E-state index in [0.717, 1.165) is 16.2 Å². The molecule has 2 heterocycles. The quantitative estimate of drug-likeness (QED) is 0.735. The van der Waals surface area contributed by atoms with Gasteiger partial charge >= 0.3 is 12.1 Å². The molecule has 0 bridgehead atoms. The molecule has 0 aromatic heterocycles. The molecule has 1 fully saturated rings. The summed E-state index contributed by atoms with van der Waals surface area (Å²) in [7, 11) is 0. The molecule has 2 aliphatic heterocycles. The summed E-state index contributed by atoms with van der Waals surface area (Å²) < 4.78 is 37.4. The maximum absolute atomic E-state index is 12.5. The van der Waals surface area contributed by atoms with Gasteiger partial charge in [-0.1, -0.05) is 17.7 Å². The van der Waals surface area contributed by atoms with E-state index in [1.54, 1.807) is 6.07 Å². The molecule has 20 heavy (non-hydrogen) atoms. The number of carbonyl (C=O) groups is 1. The van der Waals surface area contributed by atoms with Gasteiger partial charge in [0.25, 0.3) is 0 Å². The summed E-state index contributed by atoms with van der Waals surface area (Å²) in [5.74, 6) is -1.74. The van der Waals surface area contributed by atoms with Crippen LogP contribution >= 0.6 is 11.6 Å². The van der Waals surface area contributed by atoms with Crippen molar-refractivity contribution in [2.45, 2.75) is 18.6 Å². The van der Waals surface area contributed by atoms with Crippen LogP contribution in [0.25, 0.3) is 0 Å². The van der Waals surface area contributed by atoms with Crippen LogP contribution in [0.2, 0.25) is 5.02 Å². The molecule has 2 aliphatic rings. The topological polar surface area (TPSA) is 23.6 Å². The first-order chi connectivity index (χ1) is 9.36. The Morgan fingerprint density at radius 3 is 2.75 bits per heavy atom. The van der Waals surface area contributed by atoms with Gasteiger partial charge in [-0.25, -0.2) is 0 Å². The number of amides is 1. The molecule has 0 spiro atoms. The van der Waals surface area contributed by atoms with E-state index >= 15 is 0 Å². The Bertz CT molecular complexity index is 561. The van der Waals surface area contributed by atoms with Crippen LogP contribution in [-0.4, -0.2) is 42.7 Å². The molecule has 0 radical (unpaired) electrons. The lowest BCUT2D eigenvalue weighted by molar-refractivity contribution is -0.186. The Kier molecular flexibility index (Phi) is 3.08. The predicted molar refractivity (Wildman–Crippen MR) is 68.9 cm³/mol. The van der Waals surface area contributed by atoms with E-state index in [1.807, 2.05) is 17.0 Å². The van der Waals surface area contributed by atoms with Gasteiger partial charge in [0, 0.05) is 30.3 Å². The molecule has 1 aromatic rings. The lowest BCUT2D eigenvalue weighted by atomic mass is 10.1. The SMILES string of the molecule is O=C(N1CCN2c3cc(Cl)ccc3C[C@@H]2C1)C(F)(F)F. The first-order valence-electron chi connectivity index (χ1n) is 6.27. The molecule has 108 valence electrons. The zero-order valence-electron chi connectivity index (χ0n) is 10.5. The van der Waals surface area contributed by atoms with Gasteiger partial charge in [0.2, 0.25) is 0 Å². The maximum atomic E-state index is 12.5. The molecule has 1 saturated heterocycles. The number of hydrogen-bond donors (Lipinski definition) is 0. The molecule has 1 aromatic carbocycles. The first-order valence-corrected chi connectivity index (χ1v) is 6.65. The van der Waals surface area contributed by atoms with Crippen LogP contribution < -0.4 is 4.90 Å². The molecule has 3 rings (SSSR count). The number of halogens is 4. The highest BCUT2D eigenvalue weighted by Gasteiger charge is 2.45. The Morgan fingerprint density at radius 2 is 2.05 bits per heavy atom. The number of alkyl halides is 3. The van der Waals surface area contributed by atoms with Crippen LogP contribution in [0.1, 0.15) is 5.56 Å². The molecule has 7 heteroatoms. The summed E-state index contributed by atoms with van der Waals surface area (Å²) in [4.78, 5) is 14.2. The van der Waals surface area contributed by atoms with Crippen molar-refractivity contribution in [3.63, 3.8) is 0 Å². The number of fused-ring (bicyclic) bond motifs is 3. The zero-order valence-corrected chi connectivity index (χ0v) is 11.2. The highest BCUT2D eigenvalue weighted by Crippen LogP contribution is 2.36. The third-order valence-corrected chi connectivity index (χ3v) is 4.06. The lowest BCUT2D eigenvalue weighted by Crippen LogP contribution is -2.56. The van der Waals surface area contributed by atoms with Crippen LogP contribution in [0, 0.1) is 0 Å². The molecule has 0 aliphatic carbocycles. The fourth-order valence-corrected chi connectivity index (χ4v) is 3.11. The monoisotopic (exact) mass is 304 g/mol. The summed E-state index contributed by atoms with van der Waals surface area (Å²) in [5, 5.41) is 0.609. The number of nitrogens with zero attached hydrogens (tertiary/aromatic N) is 2. The second kappa shape index (κ2) is 4.55. The number of piperazine rings is 1. The fourth-order valence-electron chi connectivity index (χ4n) is 2.94. The molecule has 1 amide bonds. The van der Waals surface area contributed by atoms with E-state index in [9.17, 15) is 18.0 Å². The molecule has 0 N–H and O–H groups in total. The van der Waals surface area contributed by atoms with Crippen LogP contribution in [0.5, 0.6) is 0 Å².